The van der Waals surface area contributed by atoms with Gasteiger partial charge >= 0.3 is 5.97 Å². The van der Waals surface area contributed by atoms with E-state index in [9.17, 15) is 9.59 Å². The van der Waals surface area contributed by atoms with Gasteiger partial charge in [0.1, 0.15) is 10.9 Å². The molecule has 1 saturated heterocycles. The molecule has 1 fully saturated rings. The minimum atomic E-state index is -0.547. The molecule has 1 aromatic heterocycles. The number of carbonyl (C=O) groups is 2. The van der Waals surface area contributed by atoms with Crippen LogP contribution >= 0.6 is 11.8 Å². The zero-order valence-electron chi connectivity index (χ0n) is 21.0. The Bertz CT molecular complexity index is 1240. The third-order valence-corrected chi connectivity index (χ3v) is 6.76. The molecule has 9 heteroatoms. The molecule has 1 N–H and O–H groups in total. The summed E-state index contributed by atoms with van der Waals surface area (Å²) in [6, 6.07) is 16.0. The Balaban J connectivity index is 1.35. The maximum absolute atomic E-state index is 12.0. The van der Waals surface area contributed by atoms with Crippen molar-refractivity contribution in [3.63, 3.8) is 0 Å². The molecule has 1 aliphatic heterocycles. The SMILES string of the molecule is CCOC(=O)/C=C/C(=O)Nc1ccc(Sc2nc(Cc3ccc(N4CCOCC4)cc3)ncc2C)cc1. The Morgan fingerprint density at radius 3 is 2.51 bits per heavy atom. The van der Waals surface area contributed by atoms with Crippen LogP contribution in [0.4, 0.5) is 11.4 Å². The van der Waals surface area contributed by atoms with Crippen molar-refractivity contribution in [1.29, 1.82) is 0 Å². The molecule has 8 nitrogen and oxygen atoms in total. The summed E-state index contributed by atoms with van der Waals surface area (Å²) >= 11 is 1.55. The van der Waals surface area contributed by atoms with Gasteiger partial charge in [0.2, 0.25) is 5.91 Å². The van der Waals surface area contributed by atoms with Gasteiger partial charge in [-0.1, -0.05) is 23.9 Å². The van der Waals surface area contributed by atoms with Crippen molar-refractivity contribution in [2.24, 2.45) is 0 Å². The highest BCUT2D eigenvalue weighted by Crippen LogP contribution is 2.29. The summed E-state index contributed by atoms with van der Waals surface area (Å²) in [6.45, 7) is 7.34. The van der Waals surface area contributed by atoms with Gasteiger partial charge in [-0.2, -0.15) is 0 Å². The molecule has 2 aromatic carbocycles. The first-order chi connectivity index (χ1) is 18.0. The van der Waals surface area contributed by atoms with Crippen molar-refractivity contribution < 1.29 is 19.1 Å². The fourth-order valence-corrected chi connectivity index (χ4v) is 4.57. The molecule has 2 heterocycles. The number of nitrogens with one attached hydrogen (secondary N) is 1. The van der Waals surface area contributed by atoms with Gasteiger partial charge in [0.15, 0.2) is 0 Å². The average molecular weight is 519 g/mol. The Morgan fingerprint density at radius 2 is 1.81 bits per heavy atom. The second-order valence-corrected chi connectivity index (χ2v) is 9.48. The van der Waals surface area contributed by atoms with E-state index in [0.29, 0.717) is 12.1 Å². The van der Waals surface area contributed by atoms with Crippen LogP contribution in [0, 0.1) is 6.92 Å². The van der Waals surface area contributed by atoms with Gasteiger partial charge in [-0.15, -0.1) is 0 Å². The van der Waals surface area contributed by atoms with Crippen molar-refractivity contribution in [3.8, 4) is 0 Å². The second kappa shape index (κ2) is 13.0. The van der Waals surface area contributed by atoms with Gasteiger partial charge in [0.05, 0.1) is 19.8 Å². The zero-order chi connectivity index (χ0) is 26.0. The number of aryl methyl sites for hydroxylation is 1. The molecule has 0 unspecified atom stereocenters. The molecule has 0 atom stereocenters. The summed E-state index contributed by atoms with van der Waals surface area (Å²) in [5.41, 5.74) is 4.00. The lowest BCUT2D eigenvalue weighted by atomic mass is 10.1. The number of esters is 1. The van der Waals surface area contributed by atoms with Crippen LogP contribution < -0.4 is 10.2 Å². The van der Waals surface area contributed by atoms with E-state index in [1.807, 2.05) is 37.4 Å². The molecule has 0 spiro atoms. The van der Waals surface area contributed by atoms with Crippen LogP contribution in [0.5, 0.6) is 0 Å². The molecule has 4 rings (SSSR count). The number of morpholine rings is 1. The molecule has 0 saturated carbocycles. The maximum Gasteiger partial charge on any atom is 0.330 e. The smallest absolute Gasteiger partial charge is 0.330 e. The number of hydrogen-bond donors (Lipinski definition) is 1. The standard InChI is InChI=1S/C28H30N4O4S/c1-3-36-27(34)13-12-26(33)30-22-6-10-24(11-7-22)37-28-20(2)19-29-25(31-28)18-21-4-8-23(9-5-21)32-14-16-35-17-15-32/h4-13,19H,3,14-18H2,1-2H3,(H,30,33)/b13-12+. The predicted octanol–water partition coefficient (Wildman–Crippen LogP) is 4.42. The Labute approximate surface area is 221 Å². The highest BCUT2D eigenvalue weighted by Gasteiger charge is 2.12. The highest BCUT2D eigenvalue weighted by molar-refractivity contribution is 7.99. The number of ether oxygens (including phenoxy) is 2. The molecule has 192 valence electrons. The van der Waals surface area contributed by atoms with Crippen molar-refractivity contribution in [1.82, 2.24) is 9.97 Å². The van der Waals surface area contributed by atoms with E-state index in [-0.39, 0.29) is 6.61 Å². The minimum absolute atomic E-state index is 0.264. The summed E-state index contributed by atoms with van der Waals surface area (Å²) < 4.78 is 10.2. The average Bonchev–Trinajstić information content (AvgIpc) is 2.92. The van der Waals surface area contributed by atoms with Gasteiger partial charge in [-0.3, -0.25) is 4.79 Å². The van der Waals surface area contributed by atoms with Gasteiger partial charge in [0, 0.05) is 54.1 Å². The summed E-state index contributed by atoms with van der Waals surface area (Å²) in [7, 11) is 0. The van der Waals surface area contributed by atoms with Gasteiger partial charge < -0.3 is 19.7 Å². The van der Waals surface area contributed by atoms with Crippen LogP contribution in [-0.2, 0) is 25.5 Å². The first-order valence-electron chi connectivity index (χ1n) is 12.2. The molecule has 3 aromatic rings. The summed E-state index contributed by atoms with van der Waals surface area (Å²) in [6.07, 6.45) is 4.78. The van der Waals surface area contributed by atoms with Crippen molar-refractivity contribution in [3.05, 3.63) is 83.8 Å². The molecule has 0 radical (unpaired) electrons. The van der Waals surface area contributed by atoms with Gasteiger partial charge in [-0.25, -0.2) is 14.8 Å². The Kier molecular flexibility index (Phi) is 9.29. The number of anilines is 2. The number of amides is 1. The van der Waals surface area contributed by atoms with E-state index in [1.165, 1.54) is 5.69 Å². The van der Waals surface area contributed by atoms with Crippen LogP contribution in [0.2, 0.25) is 0 Å². The van der Waals surface area contributed by atoms with Crippen molar-refractivity contribution in [2.75, 3.05) is 43.1 Å². The van der Waals surface area contributed by atoms with Crippen molar-refractivity contribution >= 4 is 35.0 Å². The van der Waals surface area contributed by atoms with E-state index < -0.39 is 11.9 Å². The molecule has 1 amide bonds. The monoisotopic (exact) mass is 518 g/mol. The van der Waals surface area contributed by atoms with Crippen molar-refractivity contribution in [2.45, 2.75) is 30.2 Å². The van der Waals surface area contributed by atoms with Crippen LogP contribution in [0.15, 0.2) is 76.8 Å². The molecule has 0 bridgehead atoms. The van der Waals surface area contributed by atoms with E-state index in [0.717, 1.165) is 65.3 Å². The lowest BCUT2D eigenvalue weighted by Crippen LogP contribution is -2.36. The lowest BCUT2D eigenvalue weighted by Gasteiger charge is -2.28. The van der Waals surface area contributed by atoms with Crippen LogP contribution in [0.25, 0.3) is 0 Å². The largest absolute Gasteiger partial charge is 0.463 e. The first-order valence-corrected chi connectivity index (χ1v) is 13.0. The van der Waals surface area contributed by atoms with E-state index in [2.05, 4.69) is 39.5 Å². The lowest BCUT2D eigenvalue weighted by molar-refractivity contribution is -0.137. The fraction of sp³-hybridized carbons (Fsp3) is 0.286. The van der Waals surface area contributed by atoms with Crippen LogP contribution in [-0.4, -0.2) is 54.8 Å². The molecular formula is C28H30N4O4S. The van der Waals surface area contributed by atoms with E-state index in [4.69, 9.17) is 14.5 Å². The number of carbonyl (C=O) groups excluding carboxylic acids is 2. The molecule has 0 aliphatic carbocycles. The number of rotatable bonds is 9. The Morgan fingerprint density at radius 1 is 1.08 bits per heavy atom. The highest BCUT2D eigenvalue weighted by atomic mass is 32.2. The van der Waals surface area contributed by atoms with Gasteiger partial charge in [0.25, 0.3) is 0 Å². The fourth-order valence-electron chi connectivity index (χ4n) is 3.71. The van der Waals surface area contributed by atoms with Crippen LogP contribution in [0.1, 0.15) is 23.9 Å². The summed E-state index contributed by atoms with van der Waals surface area (Å²) in [5.74, 6) is -0.179. The molecule has 37 heavy (non-hydrogen) atoms. The van der Waals surface area contributed by atoms with E-state index in [1.54, 1.807) is 18.7 Å². The van der Waals surface area contributed by atoms with Crippen LogP contribution in [0.3, 0.4) is 0 Å². The predicted molar refractivity (Wildman–Crippen MR) is 144 cm³/mol. The van der Waals surface area contributed by atoms with Gasteiger partial charge in [-0.05, 0) is 61.4 Å². The molecule has 1 aliphatic rings. The number of nitrogens with zero attached hydrogens (tertiary/aromatic N) is 3. The van der Waals surface area contributed by atoms with E-state index >= 15 is 0 Å². The maximum atomic E-state index is 12.0. The quantitative estimate of drug-likeness (QED) is 0.253. The third-order valence-electron chi connectivity index (χ3n) is 5.64. The minimum Gasteiger partial charge on any atom is -0.463 e. The zero-order valence-corrected chi connectivity index (χ0v) is 21.8. The summed E-state index contributed by atoms with van der Waals surface area (Å²) in [4.78, 5) is 36.0. The number of aromatic nitrogens is 2. The molecular weight excluding hydrogens is 488 g/mol. The Hall–Kier alpha value is -3.69. The second-order valence-electron chi connectivity index (χ2n) is 8.42. The normalized spacial score (nSPS) is 13.5. The first kappa shape index (κ1) is 26.4. The number of hydrogen-bond acceptors (Lipinski definition) is 8. The summed E-state index contributed by atoms with van der Waals surface area (Å²) in [5, 5.41) is 3.62. The third kappa shape index (κ3) is 7.90. The number of benzene rings is 2. The topological polar surface area (TPSA) is 93.7 Å².